The molecule has 25 heavy (non-hydrogen) atoms. The van der Waals surface area contributed by atoms with Crippen molar-refractivity contribution in [1.29, 1.82) is 0 Å². The molecule has 0 atom stereocenters. The first-order valence-electron chi connectivity index (χ1n) is 8.70. The van der Waals surface area contributed by atoms with Crippen molar-refractivity contribution in [1.82, 2.24) is 4.31 Å². The molecule has 0 fully saturated rings. The number of amides is 1. The van der Waals surface area contributed by atoms with Crippen LogP contribution < -0.4 is 4.90 Å². The molecule has 0 N–H and O–H groups in total. The van der Waals surface area contributed by atoms with E-state index in [1.165, 1.54) is 4.31 Å². The van der Waals surface area contributed by atoms with Gasteiger partial charge in [-0.2, -0.15) is 4.31 Å². The van der Waals surface area contributed by atoms with E-state index >= 15 is 0 Å². The molecule has 6 heteroatoms. The summed E-state index contributed by atoms with van der Waals surface area (Å²) in [7, 11) is -3.59. The van der Waals surface area contributed by atoms with Gasteiger partial charge in [0.15, 0.2) is 0 Å². The molecule has 0 bridgehead atoms. The van der Waals surface area contributed by atoms with Crippen molar-refractivity contribution in [3.05, 3.63) is 35.9 Å². The minimum atomic E-state index is -3.59. The third kappa shape index (κ3) is 2.73. The van der Waals surface area contributed by atoms with Gasteiger partial charge in [-0.05, 0) is 24.1 Å². The van der Waals surface area contributed by atoms with Crippen LogP contribution in [0.25, 0.3) is 10.8 Å². The van der Waals surface area contributed by atoms with Crippen molar-refractivity contribution >= 4 is 32.4 Å². The van der Waals surface area contributed by atoms with Crippen molar-refractivity contribution in [2.24, 2.45) is 5.92 Å². The smallest absolute Gasteiger partial charge is 0.259 e. The fraction of sp³-hybridized carbons (Fsp3) is 0.421. The van der Waals surface area contributed by atoms with Gasteiger partial charge in [0.25, 0.3) is 5.91 Å². The molecule has 0 saturated heterocycles. The number of anilines is 1. The van der Waals surface area contributed by atoms with Crippen LogP contribution in [0.15, 0.2) is 35.2 Å². The van der Waals surface area contributed by atoms with Gasteiger partial charge >= 0.3 is 0 Å². The first kappa shape index (κ1) is 17.9. The molecule has 1 aliphatic rings. The van der Waals surface area contributed by atoms with Gasteiger partial charge in [0.2, 0.25) is 10.0 Å². The molecular formula is C19H24N2O3S. The molecule has 0 radical (unpaired) electrons. The summed E-state index contributed by atoms with van der Waals surface area (Å²) in [4.78, 5) is 14.8. The number of sulfonamides is 1. The monoisotopic (exact) mass is 360 g/mol. The maximum Gasteiger partial charge on any atom is 0.259 e. The number of carbonyl (C=O) groups is 1. The molecule has 0 aromatic heterocycles. The molecule has 1 heterocycles. The maximum absolute atomic E-state index is 13.0. The van der Waals surface area contributed by atoms with E-state index in [4.69, 9.17) is 0 Å². The summed E-state index contributed by atoms with van der Waals surface area (Å²) in [6.45, 7) is 9.23. The van der Waals surface area contributed by atoms with Crippen molar-refractivity contribution in [3.63, 3.8) is 0 Å². The van der Waals surface area contributed by atoms with E-state index in [9.17, 15) is 13.2 Å². The number of benzene rings is 2. The Labute approximate surface area is 149 Å². The lowest BCUT2D eigenvalue weighted by Crippen LogP contribution is -2.31. The van der Waals surface area contributed by atoms with Gasteiger partial charge in [0.05, 0.1) is 10.6 Å². The molecule has 0 aliphatic carbocycles. The van der Waals surface area contributed by atoms with Crippen LogP contribution in [-0.2, 0) is 10.0 Å². The average Bonchev–Trinajstić information content (AvgIpc) is 2.83. The average molecular weight is 360 g/mol. The molecule has 5 nitrogen and oxygen atoms in total. The minimum absolute atomic E-state index is 0.0494. The largest absolute Gasteiger partial charge is 0.307 e. The van der Waals surface area contributed by atoms with Crippen LogP contribution in [-0.4, -0.2) is 38.3 Å². The fourth-order valence-corrected chi connectivity index (χ4v) is 5.14. The van der Waals surface area contributed by atoms with Crippen LogP contribution in [0.1, 0.15) is 38.1 Å². The van der Waals surface area contributed by atoms with Gasteiger partial charge in [0.1, 0.15) is 0 Å². The third-order valence-corrected chi connectivity index (χ3v) is 6.72. The van der Waals surface area contributed by atoms with Crippen LogP contribution in [0, 0.1) is 5.92 Å². The van der Waals surface area contributed by atoms with Crippen LogP contribution in [0.4, 0.5) is 5.69 Å². The Hall–Kier alpha value is -1.92. The molecule has 2 aromatic carbocycles. The topological polar surface area (TPSA) is 57.7 Å². The van der Waals surface area contributed by atoms with Crippen LogP contribution in [0.3, 0.4) is 0 Å². The number of nitrogens with zero attached hydrogens (tertiary/aromatic N) is 2. The Kier molecular flexibility index (Phi) is 4.60. The second-order valence-electron chi connectivity index (χ2n) is 6.71. The summed E-state index contributed by atoms with van der Waals surface area (Å²) >= 11 is 0. The Morgan fingerprint density at radius 3 is 2.36 bits per heavy atom. The first-order valence-corrected chi connectivity index (χ1v) is 10.1. The van der Waals surface area contributed by atoms with Crippen molar-refractivity contribution < 1.29 is 13.2 Å². The highest BCUT2D eigenvalue weighted by Gasteiger charge is 2.33. The fourth-order valence-electron chi connectivity index (χ4n) is 3.49. The number of rotatable bonds is 6. The summed E-state index contributed by atoms with van der Waals surface area (Å²) in [5, 5.41) is 1.38. The maximum atomic E-state index is 13.0. The van der Waals surface area contributed by atoms with E-state index in [1.807, 2.05) is 13.8 Å². The summed E-state index contributed by atoms with van der Waals surface area (Å²) in [6.07, 6.45) is 0. The van der Waals surface area contributed by atoms with Gasteiger partial charge in [-0.3, -0.25) is 4.79 Å². The second kappa shape index (κ2) is 6.42. The molecule has 1 amide bonds. The zero-order chi connectivity index (χ0) is 18.4. The van der Waals surface area contributed by atoms with Crippen molar-refractivity contribution in [2.45, 2.75) is 32.6 Å². The minimum Gasteiger partial charge on any atom is -0.307 e. The number of hydrogen-bond donors (Lipinski definition) is 0. The zero-order valence-corrected chi connectivity index (χ0v) is 15.9. The zero-order valence-electron chi connectivity index (χ0n) is 15.1. The summed E-state index contributed by atoms with van der Waals surface area (Å²) < 4.78 is 27.5. The van der Waals surface area contributed by atoms with Gasteiger partial charge in [-0.15, -0.1) is 0 Å². The van der Waals surface area contributed by atoms with E-state index in [2.05, 4.69) is 13.8 Å². The molecule has 0 unspecified atom stereocenters. The standard InChI is InChI=1S/C19H24N2O3S/c1-5-20(6-2)25(23,24)17-11-10-16-18-14(17)8-7-9-15(18)19(22)21(16)12-13(3)4/h7-11,13H,5-6,12H2,1-4H3. The quantitative estimate of drug-likeness (QED) is 0.792. The first-order chi connectivity index (χ1) is 11.8. The van der Waals surface area contributed by atoms with Crippen LogP contribution >= 0.6 is 0 Å². The van der Waals surface area contributed by atoms with E-state index in [-0.39, 0.29) is 10.8 Å². The summed E-state index contributed by atoms with van der Waals surface area (Å²) in [6, 6.07) is 8.75. The van der Waals surface area contributed by atoms with Crippen LogP contribution in [0.5, 0.6) is 0 Å². The normalized spacial score (nSPS) is 14.3. The van der Waals surface area contributed by atoms with Gasteiger partial charge in [-0.25, -0.2) is 8.42 Å². The Bertz CT molecular complexity index is 931. The molecule has 134 valence electrons. The lowest BCUT2D eigenvalue weighted by atomic mass is 10.1. The lowest BCUT2D eigenvalue weighted by molar-refractivity contribution is 0.0990. The highest BCUT2D eigenvalue weighted by molar-refractivity contribution is 7.89. The third-order valence-electron chi connectivity index (χ3n) is 4.62. The Morgan fingerprint density at radius 1 is 1.08 bits per heavy atom. The molecule has 3 rings (SSSR count). The lowest BCUT2D eigenvalue weighted by Gasteiger charge is -2.22. The Balaban J connectivity index is 2.26. The summed E-state index contributed by atoms with van der Waals surface area (Å²) in [5.74, 6) is 0.277. The van der Waals surface area contributed by atoms with Crippen molar-refractivity contribution in [3.8, 4) is 0 Å². The van der Waals surface area contributed by atoms with Crippen LogP contribution in [0.2, 0.25) is 0 Å². The molecule has 1 aliphatic heterocycles. The van der Waals surface area contributed by atoms with E-state index < -0.39 is 10.0 Å². The predicted octanol–water partition coefficient (Wildman–Crippen LogP) is 3.49. The van der Waals surface area contributed by atoms with Crippen molar-refractivity contribution in [2.75, 3.05) is 24.5 Å². The van der Waals surface area contributed by atoms with E-state index in [0.717, 1.165) is 11.1 Å². The van der Waals surface area contributed by atoms with Gasteiger partial charge < -0.3 is 4.90 Å². The Morgan fingerprint density at radius 2 is 1.76 bits per heavy atom. The number of carbonyl (C=O) groups excluding carboxylic acids is 1. The molecule has 0 saturated carbocycles. The SMILES string of the molecule is CCN(CC)S(=O)(=O)c1ccc2c3c(cccc13)C(=O)N2CC(C)C. The highest BCUT2D eigenvalue weighted by atomic mass is 32.2. The summed E-state index contributed by atoms with van der Waals surface area (Å²) in [5.41, 5.74) is 1.40. The van der Waals surface area contributed by atoms with E-state index in [0.29, 0.717) is 36.5 Å². The molecule has 2 aromatic rings. The number of hydrogen-bond acceptors (Lipinski definition) is 3. The highest BCUT2D eigenvalue weighted by Crippen LogP contribution is 2.40. The second-order valence-corrected chi connectivity index (χ2v) is 8.62. The molecular weight excluding hydrogens is 336 g/mol. The van der Waals surface area contributed by atoms with Gasteiger partial charge in [-0.1, -0.05) is 39.8 Å². The predicted molar refractivity (Wildman–Crippen MR) is 101 cm³/mol. The van der Waals surface area contributed by atoms with E-state index in [1.54, 1.807) is 35.2 Å². The molecule has 0 spiro atoms. The van der Waals surface area contributed by atoms with Gasteiger partial charge in [0, 0.05) is 36.0 Å².